The van der Waals surface area contributed by atoms with E-state index in [2.05, 4.69) is 29.0 Å². The molecule has 0 aromatic carbocycles. The first-order chi connectivity index (χ1) is 7.61. The molecule has 0 spiro atoms. The molecule has 0 amide bonds. The van der Waals surface area contributed by atoms with Crippen molar-refractivity contribution in [1.29, 1.82) is 0 Å². The maximum atomic E-state index is 5.10. The third kappa shape index (κ3) is 2.44. The van der Waals surface area contributed by atoms with Gasteiger partial charge in [0.05, 0.1) is 13.3 Å². The van der Waals surface area contributed by atoms with E-state index in [1.165, 1.54) is 0 Å². The predicted molar refractivity (Wildman–Crippen MR) is 65.1 cm³/mol. The molecule has 1 fully saturated rings. The molecule has 88 valence electrons. The molecular formula is C12H19N3O. The van der Waals surface area contributed by atoms with Crippen molar-refractivity contribution in [2.75, 3.05) is 31.6 Å². The zero-order valence-electron chi connectivity index (χ0n) is 10.2. The lowest BCUT2D eigenvalue weighted by atomic mass is 10.0. The zero-order valence-corrected chi connectivity index (χ0v) is 10.2. The standard InChI is InChI=1S/C12H19N3O/c1-12(2)9-15(7-6-14-12)11-5-4-10(16-3)8-13-11/h4-5,8,14H,6-7,9H2,1-3H3. The van der Waals surface area contributed by atoms with E-state index in [-0.39, 0.29) is 5.54 Å². The normalized spacial score (nSPS) is 19.6. The van der Waals surface area contributed by atoms with Gasteiger partial charge in [-0.05, 0) is 26.0 Å². The average Bonchev–Trinajstić information content (AvgIpc) is 2.28. The van der Waals surface area contributed by atoms with Gasteiger partial charge >= 0.3 is 0 Å². The molecule has 0 radical (unpaired) electrons. The molecule has 4 heteroatoms. The number of nitrogens with one attached hydrogen (secondary N) is 1. The van der Waals surface area contributed by atoms with Crippen molar-refractivity contribution >= 4 is 5.82 Å². The Kier molecular flexibility index (Phi) is 3.01. The van der Waals surface area contributed by atoms with Gasteiger partial charge in [0.1, 0.15) is 11.6 Å². The third-order valence-electron chi connectivity index (χ3n) is 2.85. The second-order valence-electron chi connectivity index (χ2n) is 4.79. The van der Waals surface area contributed by atoms with Gasteiger partial charge in [-0.1, -0.05) is 0 Å². The van der Waals surface area contributed by atoms with E-state index in [4.69, 9.17) is 4.74 Å². The number of methoxy groups -OCH3 is 1. The highest BCUT2D eigenvalue weighted by molar-refractivity contribution is 5.42. The summed E-state index contributed by atoms with van der Waals surface area (Å²) in [5.74, 6) is 1.83. The highest BCUT2D eigenvalue weighted by Crippen LogP contribution is 2.19. The van der Waals surface area contributed by atoms with E-state index in [0.29, 0.717) is 0 Å². The third-order valence-corrected chi connectivity index (χ3v) is 2.85. The smallest absolute Gasteiger partial charge is 0.137 e. The Bertz CT molecular complexity index is 348. The van der Waals surface area contributed by atoms with Crippen LogP contribution in [-0.4, -0.2) is 37.3 Å². The number of hydrogen-bond acceptors (Lipinski definition) is 4. The van der Waals surface area contributed by atoms with Crippen molar-refractivity contribution in [2.24, 2.45) is 0 Å². The summed E-state index contributed by atoms with van der Waals surface area (Å²) in [5.41, 5.74) is 0.153. The molecule has 1 aliphatic rings. The lowest BCUT2D eigenvalue weighted by Crippen LogP contribution is -2.57. The van der Waals surface area contributed by atoms with Gasteiger partial charge in [0.25, 0.3) is 0 Å². The van der Waals surface area contributed by atoms with Gasteiger partial charge in [0, 0.05) is 25.2 Å². The number of hydrogen-bond donors (Lipinski definition) is 1. The fraction of sp³-hybridized carbons (Fsp3) is 0.583. The zero-order chi connectivity index (χ0) is 11.6. The van der Waals surface area contributed by atoms with E-state index < -0.39 is 0 Å². The van der Waals surface area contributed by atoms with Crippen LogP contribution in [0.25, 0.3) is 0 Å². The monoisotopic (exact) mass is 221 g/mol. The van der Waals surface area contributed by atoms with Crippen LogP contribution >= 0.6 is 0 Å². The molecule has 2 rings (SSSR count). The van der Waals surface area contributed by atoms with Crippen molar-refractivity contribution in [3.05, 3.63) is 18.3 Å². The van der Waals surface area contributed by atoms with E-state index in [1.54, 1.807) is 13.3 Å². The van der Waals surface area contributed by atoms with Crippen LogP contribution in [0.3, 0.4) is 0 Å². The molecule has 1 saturated heterocycles. The minimum atomic E-state index is 0.153. The molecule has 0 saturated carbocycles. The average molecular weight is 221 g/mol. The van der Waals surface area contributed by atoms with Crippen LogP contribution in [-0.2, 0) is 0 Å². The topological polar surface area (TPSA) is 37.4 Å². The van der Waals surface area contributed by atoms with E-state index in [9.17, 15) is 0 Å². The quantitative estimate of drug-likeness (QED) is 0.816. The van der Waals surface area contributed by atoms with Crippen LogP contribution in [0, 0.1) is 0 Å². The van der Waals surface area contributed by atoms with Crippen molar-refractivity contribution in [2.45, 2.75) is 19.4 Å². The molecule has 1 aliphatic heterocycles. The molecule has 0 unspecified atom stereocenters. The molecule has 0 aliphatic carbocycles. The molecule has 1 aromatic heterocycles. The van der Waals surface area contributed by atoms with Crippen LogP contribution < -0.4 is 15.0 Å². The summed E-state index contributed by atoms with van der Waals surface area (Å²) >= 11 is 0. The second-order valence-corrected chi connectivity index (χ2v) is 4.79. The summed E-state index contributed by atoms with van der Waals surface area (Å²) in [4.78, 5) is 6.71. The van der Waals surface area contributed by atoms with Crippen LogP contribution in [0.2, 0.25) is 0 Å². The van der Waals surface area contributed by atoms with Gasteiger partial charge in [-0.15, -0.1) is 0 Å². The number of aromatic nitrogens is 1. The number of rotatable bonds is 2. The minimum absolute atomic E-state index is 0.153. The Morgan fingerprint density at radius 3 is 2.81 bits per heavy atom. The molecule has 0 bridgehead atoms. The van der Waals surface area contributed by atoms with Crippen molar-refractivity contribution in [3.8, 4) is 5.75 Å². The first kappa shape index (κ1) is 11.2. The SMILES string of the molecule is COc1ccc(N2CCNC(C)(C)C2)nc1. The summed E-state index contributed by atoms with van der Waals surface area (Å²) in [6.45, 7) is 7.40. The number of piperazine rings is 1. The highest BCUT2D eigenvalue weighted by atomic mass is 16.5. The second kappa shape index (κ2) is 4.29. The number of pyridine rings is 1. The molecule has 1 N–H and O–H groups in total. The van der Waals surface area contributed by atoms with Gasteiger partial charge in [-0.3, -0.25) is 0 Å². The number of anilines is 1. The van der Waals surface area contributed by atoms with E-state index >= 15 is 0 Å². The Morgan fingerprint density at radius 2 is 2.25 bits per heavy atom. The van der Waals surface area contributed by atoms with Gasteiger partial charge in [0.15, 0.2) is 0 Å². The summed E-state index contributed by atoms with van der Waals surface area (Å²) in [7, 11) is 1.66. The van der Waals surface area contributed by atoms with E-state index in [1.807, 2.05) is 12.1 Å². The van der Waals surface area contributed by atoms with Crippen molar-refractivity contribution in [1.82, 2.24) is 10.3 Å². The first-order valence-corrected chi connectivity index (χ1v) is 5.61. The van der Waals surface area contributed by atoms with Crippen LogP contribution in [0.4, 0.5) is 5.82 Å². The van der Waals surface area contributed by atoms with Gasteiger partial charge in [-0.25, -0.2) is 4.98 Å². The lowest BCUT2D eigenvalue weighted by Gasteiger charge is -2.39. The Labute approximate surface area is 96.6 Å². The van der Waals surface area contributed by atoms with E-state index in [0.717, 1.165) is 31.2 Å². The molecular weight excluding hydrogens is 202 g/mol. The van der Waals surface area contributed by atoms with Crippen LogP contribution in [0.1, 0.15) is 13.8 Å². The van der Waals surface area contributed by atoms with Crippen molar-refractivity contribution < 1.29 is 4.74 Å². The Balaban J connectivity index is 2.11. The summed E-state index contributed by atoms with van der Waals surface area (Å²) < 4.78 is 5.10. The fourth-order valence-corrected chi connectivity index (χ4v) is 2.02. The molecule has 0 atom stereocenters. The van der Waals surface area contributed by atoms with Gasteiger partial charge in [0.2, 0.25) is 0 Å². The molecule has 1 aromatic rings. The van der Waals surface area contributed by atoms with Gasteiger partial charge in [-0.2, -0.15) is 0 Å². The van der Waals surface area contributed by atoms with Gasteiger partial charge < -0.3 is 15.0 Å². The maximum Gasteiger partial charge on any atom is 0.137 e. The highest BCUT2D eigenvalue weighted by Gasteiger charge is 2.26. The summed E-state index contributed by atoms with van der Waals surface area (Å²) in [6.07, 6.45) is 1.77. The number of nitrogens with zero attached hydrogens (tertiary/aromatic N) is 2. The van der Waals surface area contributed by atoms with Crippen LogP contribution in [0.15, 0.2) is 18.3 Å². The summed E-state index contributed by atoms with van der Waals surface area (Å²) in [6, 6.07) is 3.97. The maximum absolute atomic E-state index is 5.10. The predicted octanol–water partition coefficient (Wildman–Crippen LogP) is 1.28. The molecule has 2 heterocycles. The fourth-order valence-electron chi connectivity index (χ4n) is 2.02. The number of ether oxygens (including phenoxy) is 1. The molecule has 4 nitrogen and oxygen atoms in total. The molecule has 16 heavy (non-hydrogen) atoms. The Hall–Kier alpha value is -1.29. The summed E-state index contributed by atoms with van der Waals surface area (Å²) in [5, 5.41) is 3.49. The Morgan fingerprint density at radius 1 is 1.44 bits per heavy atom. The minimum Gasteiger partial charge on any atom is -0.495 e. The van der Waals surface area contributed by atoms with Crippen molar-refractivity contribution in [3.63, 3.8) is 0 Å². The lowest BCUT2D eigenvalue weighted by molar-refractivity contribution is 0.351. The largest absolute Gasteiger partial charge is 0.495 e. The van der Waals surface area contributed by atoms with Crippen LogP contribution in [0.5, 0.6) is 5.75 Å². The first-order valence-electron chi connectivity index (χ1n) is 5.61.